The minimum absolute atomic E-state index is 0.000336. The van der Waals surface area contributed by atoms with Crippen LogP contribution in [0.25, 0.3) is 0 Å². The number of nitrogens with one attached hydrogen (secondary N) is 2. The maximum Gasteiger partial charge on any atom is 0.305 e. The summed E-state index contributed by atoms with van der Waals surface area (Å²) in [6, 6.07) is 2.15. The quantitative estimate of drug-likeness (QED) is 0.424. The van der Waals surface area contributed by atoms with Crippen LogP contribution in [0.3, 0.4) is 0 Å². The normalized spacial score (nSPS) is 20.1. The summed E-state index contributed by atoms with van der Waals surface area (Å²) in [7, 11) is 1.51. The molecular formula is C26H34N4O7. The molecule has 0 saturated carbocycles. The highest BCUT2D eigenvalue weighted by molar-refractivity contribution is 6.44. The molecule has 0 bridgehead atoms. The van der Waals surface area contributed by atoms with Gasteiger partial charge in [0.15, 0.2) is 5.78 Å². The van der Waals surface area contributed by atoms with Crippen molar-refractivity contribution < 1.29 is 33.8 Å². The minimum Gasteiger partial charge on any atom is -0.496 e. The maximum absolute atomic E-state index is 13.4. The Morgan fingerprint density at radius 3 is 2.49 bits per heavy atom. The largest absolute Gasteiger partial charge is 0.496 e. The van der Waals surface area contributed by atoms with E-state index in [1.165, 1.54) is 18.9 Å². The number of amides is 3. The number of likely N-dealkylation sites (tertiary alicyclic amines) is 1. The molecule has 2 heterocycles. The summed E-state index contributed by atoms with van der Waals surface area (Å²) in [4.78, 5) is 69.0. The highest BCUT2D eigenvalue weighted by atomic mass is 16.5. The number of aliphatic imine (C=N–C) groups is 1. The van der Waals surface area contributed by atoms with Gasteiger partial charge in [0.1, 0.15) is 23.9 Å². The molecule has 0 radical (unpaired) electrons. The van der Waals surface area contributed by atoms with Crippen LogP contribution in [0, 0.1) is 11.8 Å². The fraction of sp³-hybridized carbons (Fsp3) is 0.538. The number of fused-ring (bicyclic) bond motifs is 1. The standard InChI is InChI=1S/C26H34N4O7/c1-13(2)23(27-15(4)31)26(36)30-12-14(3)9-20(30)25(35)29-19(11-22(32)33)24(34)18-10-16-17(28-18)7-6-8-21(16)37-5/h6-8,13-14,19-20,23H,9-12H2,1-5H3,(H,27,31)(H,29,35)(H,32,33)/t14-,19+,20+,23+/m1/s1. The van der Waals surface area contributed by atoms with E-state index in [0.717, 1.165) is 0 Å². The van der Waals surface area contributed by atoms with Crippen LogP contribution in [0.1, 0.15) is 46.1 Å². The molecule has 1 saturated heterocycles. The molecule has 0 aliphatic carbocycles. The molecule has 3 rings (SSSR count). The van der Waals surface area contributed by atoms with Crippen molar-refractivity contribution in [3.05, 3.63) is 23.8 Å². The Morgan fingerprint density at radius 2 is 1.89 bits per heavy atom. The summed E-state index contributed by atoms with van der Waals surface area (Å²) in [5.41, 5.74) is 1.40. The number of aliphatic carboxylic acids is 1. The van der Waals surface area contributed by atoms with Gasteiger partial charge in [0.2, 0.25) is 17.7 Å². The van der Waals surface area contributed by atoms with Gasteiger partial charge in [-0.25, -0.2) is 4.99 Å². The second-order valence-corrected chi connectivity index (χ2v) is 9.99. The number of methoxy groups -OCH3 is 1. The van der Waals surface area contributed by atoms with Crippen LogP contribution in [0.5, 0.6) is 5.75 Å². The predicted molar refractivity (Wildman–Crippen MR) is 135 cm³/mol. The summed E-state index contributed by atoms with van der Waals surface area (Å²) in [6.07, 6.45) is -0.129. The van der Waals surface area contributed by atoms with Gasteiger partial charge in [0.25, 0.3) is 0 Å². The highest BCUT2D eigenvalue weighted by Crippen LogP contribution is 2.34. The Balaban J connectivity index is 1.80. The molecule has 200 valence electrons. The van der Waals surface area contributed by atoms with Crippen molar-refractivity contribution in [3.8, 4) is 5.75 Å². The molecule has 0 spiro atoms. The maximum atomic E-state index is 13.4. The summed E-state index contributed by atoms with van der Waals surface area (Å²) in [5, 5.41) is 14.7. The SMILES string of the molecule is COc1cccc2c1CC(C(=O)[C@H](CC(=O)O)NC(=O)[C@@H]1C[C@@H](C)CN1C(=O)[C@@H](NC(C)=O)C(C)C)=N2. The molecule has 11 heteroatoms. The number of nitrogens with zero attached hydrogens (tertiary/aromatic N) is 2. The van der Waals surface area contributed by atoms with Crippen LogP contribution in [-0.2, 0) is 30.4 Å². The van der Waals surface area contributed by atoms with E-state index in [4.69, 9.17) is 4.74 Å². The number of hydrogen-bond acceptors (Lipinski definition) is 7. The lowest BCUT2D eigenvalue weighted by Gasteiger charge is -2.31. The first-order valence-electron chi connectivity index (χ1n) is 12.3. The van der Waals surface area contributed by atoms with Gasteiger partial charge in [-0.2, -0.15) is 0 Å². The average molecular weight is 515 g/mol. The van der Waals surface area contributed by atoms with Crippen LogP contribution < -0.4 is 15.4 Å². The summed E-state index contributed by atoms with van der Waals surface area (Å²) >= 11 is 0. The zero-order valence-corrected chi connectivity index (χ0v) is 21.7. The lowest BCUT2D eigenvalue weighted by atomic mass is 9.99. The molecule has 1 aromatic carbocycles. The molecule has 37 heavy (non-hydrogen) atoms. The third-order valence-electron chi connectivity index (χ3n) is 6.61. The molecule has 1 aromatic rings. The van der Waals surface area contributed by atoms with E-state index in [1.54, 1.807) is 32.0 Å². The molecule has 3 amide bonds. The fourth-order valence-corrected chi connectivity index (χ4v) is 4.82. The van der Waals surface area contributed by atoms with Gasteiger partial charge >= 0.3 is 5.97 Å². The van der Waals surface area contributed by atoms with Crippen molar-refractivity contribution in [1.29, 1.82) is 0 Å². The third kappa shape index (κ3) is 6.33. The third-order valence-corrected chi connectivity index (χ3v) is 6.61. The van der Waals surface area contributed by atoms with Gasteiger partial charge in [0.05, 0.1) is 24.9 Å². The van der Waals surface area contributed by atoms with Crippen LogP contribution in [0.15, 0.2) is 23.2 Å². The van der Waals surface area contributed by atoms with E-state index in [-0.39, 0.29) is 29.9 Å². The van der Waals surface area contributed by atoms with E-state index in [1.807, 2.05) is 6.92 Å². The number of hydrogen-bond donors (Lipinski definition) is 3. The van der Waals surface area contributed by atoms with Gasteiger partial charge in [-0.05, 0) is 30.4 Å². The molecule has 3 N–H and O–H groups in total. The molecule has 0 aromatic heterocycles. The second kappa shape index (κ2) is 11.5. The molecule has 2 aliphatic heterocycles. The second-order valence-electron chi connectivity index (χ2n) is 9.99. The Bertz CT molecular complexity index is 1130. The van der Waals surface area contributed by atoms with E-state index < -0.39 is 48.1 Å². The van der Waals surface area contributed by atoms with Crippen molar-refractivity contribution in [3.63, 3.8) is 0 Å². The summed E-state index contributed by atoms with van der Waals surface area (Å²) < 4.78 is 5.33. The smallest absolute Gasteiger partial charge is 0.305 e. The van der Waals surface area contributed by atoms with Crippen LogP contribution >= 0.6 is 0 Å². The van der Waals surface area contributed by atoms with Crippen molar-refractivity contribution in [2.45, 2.75) is 65.1 Å². The lowest BCUT2D eigenvalue weighted by Crippen LogP contribution is -2.57. The van der Waals surface area contributed by atoms with Crippen LogP contribution in [0.2, 0.25) is 0 Å². The number of Topliss-reactive ketones (excluding diaryl/α,β-unsaturated/α-hetero) is 1. The van der Waals surface area contributed by atoms with Crippen molar-refractivity contribution in [2.75, 3.05) is 13.7 Å². The Hall–Kier alpha value is -3.76. The monoisotopic (exact) mass is 514 g/mol. The first kappa shape index (κ1) is 27.8. The average Bonchev–Trinajstić information content (AvgIpc) is 3.44. The Morgan fingerprint density at radius 1 is 1.19 bits per heavy atom. The van der Waals surface area contributed by atoms with Gasteiger partial charge in [-0.15, -0.1) is 0 Å². The Labute approximate surface area is 215 Å². The van der Waals surface area contributed by atoms with E-state index in [2.05, 4.69) is 15.6 Å². The van der Waals surface area contributed by atoms with Crippen molar-refractivity contribution >= 4 is 40.9 Å². The number of ether oxygens (including phenoxy) is 1. The van der Waals surface area contributed by atoms with Crippen molar-refractivity contribution in [2.24, 2.45) is 16.8 Å². The molecule has 4 atom stereocenters. The molecule has 1 fully saturated rings. The highest BCUT2D eigenvalue weighted by Gasteiger charge is 2.42. The number of carbonyl (C=O) groups is 5. The van der Waals surface area contributed by atoms with Gasteiger partial charge in [0, 0.05) is 25.5 Å². The van der Waals surface area contributed by atoms with Crippen molar-refractivity contribution in [1.82, 2.24) is 15.5 Å². The first-order valence-corrected chi connectivity index (χ1v) is 12.3. The topological polar surface area (TPSA) is 154 Å². The molecular weight excluding hydrogens is 480 g/mol. The summed E-state index contributed by atoms with van der Waals surface area (Å²) in [6.45, 7) is 7.11. The van der Waals surface area contributed by atoms with Crippen LogP contribution in [-0.4, -0.2) is 77.0 Å². The minimum atomic E-state index is -1.35. The number of carbonyl (C=O) groups excluding carboxylic acids is 4. The molecule has 2 aliphatic rings. The Kier molecular flexibility index (Phi) is 8.67. The van der Waals surface area contributed by atoms with Crippen LogP contribution in [0.4, 0.5) is 5.69 Å². The van der Waals surface area contributed by atoms with E-state index in [9.17, 15) is 29.1 Å². The first-order chi connectivity index (χ1) is 17.4. The predicted octanol–water partition coefficient (Wildman–Crippen LogP) is 1.25. The van der Waals surface area contributed by atoms with Gasteiger partial charge in [-0.1, -0.05) is 26.8 Å². The summed E-state index contributed by atoms with van der Waals surface area (Å²) in [5.74, 6) is -2.87. The lowest BCUT2D eigenvalue weighted by molar-refractivity contribution is -0.143. The number of benzene rings is 1. The van der Waals surface area contributed by atoms with Gasteiger partial charge in [-0.3, -0.25) is 24.0 Å². The number of ketones is 1. The number of carboxylic acid groups (broad SMARTS) is 1. The molecule has 0 unspecified atom stereocenters. The van der Waals surface area contributed by atoms with Gasteiger partial charge < -0.3 is 25.4 Å². The van der Waals surface area contributed by atoms with E-state index in [0.29, 0.717) is 30.0 Å². The zero-order chi connectivity index (χ0) is 27.4. The zero-order valence-electron chi connectivity index (χ0n) is 21.7. The molecule has 11 nitrogen and oxygen atoms in total. The number of rotatable bonds is 10. The number of carboxylic acids is 1. The van der Waals surface area contributed by atoms with E-state index >= 15 is 0 Å². The fourth-order valence-electron chi connectivity index (χ4n) is 4.82.